The molecule has 86 valence electrons. The van der Waals surface area contributed by atoms with Crippen LogP contribution < -0.4 is 0 Å². The second-order valence-electron chi connectivity index (χ2n) is 3.61. The number of nitrogens with zero attached hydrogens (tertiary/aromatic N) is 4. The molecule has 0 saturated carbocycles. The van der Waals surface area contributed by atoms with Crippen LogP contribution in [0.1, 0.15) is 35.0 Å². The average Bonchev–Trinajstić information content (AvgIpc) is 2.87. The number of thiazole rings is 1. The third-order valence-corrected chi connectivity index (χ3v) is 3.17. The van der Waals surface area contributed by atoms with Crippen molar-refractivity contribution >= 4 is 11.3 Å². The molecule has 0 amide bonds. The summed E-state index contributed by atoms with van der Waals surface area (Å²) < 4.78 is 1.72. The van der Waals surface area contributed by atoms with E-state index in [1.165, 1.54) is 0 Å². The van der Waals surface area contributed by atoms with Crippen molar-refractivity contribution in [3.8, 4) is 0 Å². The lowest BCUT2D eigenvalue weighted by Gasteiger charge is -2.00. The molecule has 2 aromatic heterocycles. The molecule has 6 heteroatoms. The molecule has 5 nitrogen and oxygen atoms in total. The molecule has 16 heavy (non-hydrogen) atoms. The van der Waals surface area contributed by atoms with E-state index in [-0.39, 0.29) is 0 Å². The second-order valence-corrected chi connectivity index (χ2v) is 4.93. The van der Waals surface area contributed by atoms with E-state index in [1.807, 2.05) is 20.0 Å². The Kier molecular flexibility index (Phi) is 3.31. The molecule has 2 aromatic rings. The van der Waals surface area contributed by atoms with Crippen LogP contribution in [-0.4, -0.2) is 25.1 Å². The number of aliphatic hydroxyl groups excluding tert-OH is 1. The highest BCUT2D eigenvalue weighted by Crippen LogP contribution is 2.15. The molecule has 0 fully saturated rings. The van der Waals surface area contributed by atoms with Gasteiger partial charge in [-0.05, 0) is 13.3 Å². The number of aromatic nitrogens is 4. The van der Waals surface area contributed by atoms with Crippen molar-refractivity contribution in [2.24, 2.45) is 0 Å². The second kappa shape index (κ2) is 4.71. The van der Waals surface area contributed by atoms with Crippen molar-refractivity contribution in [2.45, 2.75) is 32.9 Å². The first-order valence-corrected chi connectivity index (χ1v) is 6.00. The molecular weight excluding hydrogens is 224 g/mol. The predicted molar refractivity (Wildman–Crippen MR) is 61.2 cm³/mol. The molecule has 1 unspecified atom stereocenters. The van der Waals surface area contributed by atoms with Gasteiger partial charge in [0.1, 0.15) is 5.69 Å². The summed E-state index contributed by atoms with van der Waals surface area (Å²) in [5, 5.41) is 18.5. The first-order chi connectivity index (χ1) is 7.69. The average molecular weight is 238 g/mol. The van der Waals surface area contributed by atoms with E-state index >= 15 is 0 Å². The Morgan fingerprint density at radius 3 is 3.00 bits per heavy atom. The highest BCUT2D eigenvalue weighted by atomic mass is 32.1. The Morgan fingerprint density at radius 1 is 1.56 bits per heavy atom. The number of aliphatic hydroxyl groups is 1. The quantitative estimate of drug-likeness (QED) is 0.877. The zero-order chi connectivity index (χ0) is 11.5. The van der Waals surface area contributed by atoms with Gasteiger partial charge in [0.2, 0.25) is 0 Å². The van der Waals surface area contributed by atoms with Gasteiger partial charge in [-0.1, -0.05) is 12.1 Å². The standard InChI is InChI=1S/C10H14N4OS/c1-3-10(15)9-6-14(13-12-9)5-8-4-11-7(2)16-8/h4,6,10,15H,3,5H2,1-2H3. The van der Waals surface area contributed by atoms with Crippen LogP contribution >= 0.6 is 11.3 Å². The first kappa shape index (κ1) is 11.2. The molecular formula is C10H14N4OS. The number of hydrogen-bond acceptors (Lipinski definition) is 5. The van der Waals surface area contributed by atoms with Gasteiger partial charge < -0.3 is 5.11 Å². The predicted octanol–water partition coefficient (Wildman–Crippen LogP) is 1.53. The van der Waals surface area contributed by atoms with Crippen LogP contribution in [0.25, 0.3) is 0 Å². The first-order valence-electron chi connectivity index (χ1n) is 5.18. The minimum Gasteiger partial charge on any atom is -0.387 e. The van der Waals surface area contributed by atoms with E-state index in [4.69, 9.17) is 0 Å². The Labute approximate surface area is 97.8 Å². The lowest BCUT2D eigenvalue weighted by atomic mass is 10.2. The SMILES string of the molecule is CCC(O)c1cn(Cc2cnc(C)s2)nn1. The van der Waals surface area contributed by atoms with E-state index in [2.05, 4.69) is 15.3 Å². The summed E-state index contributed by atoms with van der Waals surface area (Å²) in [7, 11) is 0. The zero-order valence-corrected chi connectivity index (χ0v) is 10.1. The summed E-state index contributed by atoms with van der Waals surface area (Å²) >= 11 is 1.64. The van der Waals surface area contributed by atoms with Crippen LogP contribution in [0.2, 0.25) is 0 Å². The van der Waals surface area contributed by atoms with Crippen LogP contribution in [0.5, 0.6) is 0 Å². The maximum atomic E-state index is 9.59. The fourth-order valence-electron chi connectivity index (χ4n) is 1.39. The number of rotatable bonds is 4. The lowest BCUT2D eigenvalue weighted by Crippen LogP contribution is -1.98. The fourth-order valence-corrected chi connectivity index (χ4v) is 2.18. The van der Waals surface area contributed by atoms with Gasteiger partial charge in [0, 0.05) is 11.1 Å². The summed E-state index contributed by atoms with van der Waals surface area (Å²) in [6, 6.07) is 0. The van der Waals surface area contributed by atoms with Crippen molar-refractivity contribution in [1.29, 1.82) is 0 Å². The van der Waals surface area contributed by atoms with Crippen molar-refractivity contribution in [3.05, 3.63) is 28.0 Å². The van der Waals surface area contributed by atoms with E-state index in [0.29, 0.717) is 18.7 Å². The van der Waals surface area contributed by atoms with Gasteiger partial charge in [0.25, 0.3) is 0 Å². The monoisotopic (exact) mass is 238 g/mol. The Balaban J connectivity index is 2.08. The van der Waals surface area contributed by atoms with Crippen molar-refractivity contribution in [3.63, 3.8) is 0 Å². The van der Waals surface area contributed by atoms with E-state index < -0.39 is 6.10 Å². The maximum Gasteiger partial charge on any atom is 0.111 e. The molecule has 0 radical (unpaired) electrons. The molecule has 0 aliphatic heterocycles. The summed E-state index contributed by atoms with van der Waals surface area (Å²) in [4.78, 5) is 5.32. The van der Waals surface area contributed by atoms with Gasteiger partial charge >= 0.3 is 0 Å². The van der Waals surface area contributed by atoms with E-state index in [1.54, 1.807) is 22.2 Å². The van der Waals surface area contributed by atoms with Gasteiger partial charge in [-0.2, -0.15) is 0 Å². The van der Waals surface area contributed by atoms with Crippen LogP contribution in [0, 0.1) is 6.92 Å². The third-order valence-electron chi connectivity index (χ3n) is 2.27. The minimum atomic E-state index is -0.517. The summed E-state index contributed by atoms with van der Waals surface area (Å²) in [5.41, 5.74) is 0.628. The largest absolute Gasteiger partial charge is 0.387 e. The topological polar surface area (TPSA) is 63.8 Å². The molecule has 0 saturated heterocycles. The minimum absolute atomic E-state index is 0.517. The lowest BCUT2D eigenvalue weighted by molar-refractivity contribution is 0.168. The third kappa shape index (κ3) is 2.45. The van der Waals surface area contributed by atoms with Crippen LogP contribution in [0.3, 0.4) is 0 Å². The van der Waals surface area contributed by atoms with Crippen LogP contribution in [0.15, 0.2) is 12.4 Å². The van der Waals surface area contributed by atoms with E-state index in [9.17, 15) is 5.11 Å². The van der Waals surface area contributed by atoms with Gasteiger partial charge in [0.05, 0.1) is 23.9 Å². The Bertz CT molecular complexity index is 465. The normalized spacial score (nSPS) is 12.9. The molecule has 2 heterocycles. The van der Waals surface area contributed by atoms with Crippen molar-refractivity contribution in [2.75, 3.05) is 0 Å². The van der Waals surface area contributed by atoms with Gasteiger partial charge in [-0.15, -0.1) is 16.4 Å². The van der Waals surface area contributed by atoms with Crippen LogP contribution in [0.4, 0.5) is 0 Å². The fraction of sp³-hybridized carbons (Fsp3) is 0.500. The molecule has 0 bridgehead atoms. The van der Waals surface area contributed by atoms with Gasteiger partial charge in [0.15, 0.2) is 0 Å². The highest BCUT2D eigenvalue weighted by molar-refractivity contribution is 7.11. The number of aryl methyl sites for hydroxylation is 1. The molecule has 0 aliphatic rings. The summed E-state index contributed by atoms with van der Waals surface area (Å²) in [6.45, 7) is 4.55. The Hall–Kier alpha value is -1.27. The van der Waals surface area contributed by atoms with Crippen molar-refractivity contribution < 1.29 is 5.11 Å². The highest BCUT2D eigenvalue weighted by Gasteiger charge is 2.10. The van der Waals surface area contributed by atoms with Crippen LogP contribution in [-0.2, 0) is 6.54 Å². The van der Waals surface area contributed by atoms with Crippen molar-refractivity contribution in [1.82, 2.24) is 20.0 Å². The van der Waals surface area contributed by atoms with Gasteiger partial charge in [-0.3, -0.25) is 0 Å². The summed E-state index contributed by atoms with van der Waals surface area (Å²) in [6.07, 6.45) is 3.76. The molecule has 0 spiro atoms. The molecule has 1 N–H and O–H groups in total. The molecule has 0 aromatic carbocycles. The molecule has 2 rings (SSSR count). The Morgan fingerprint density at radius 2 is 2.38 bits per heavy atom. The zero-order valence-electron chi connectivity index (χ0n) is 9.29. The smallest absolute Gasteiger partial charge is 0.111 e. The summed E-state index contributed by atoms with van der Waals surface area (Å²) in [5.74, 6) is 0. The van der Waals surface area contributed by atoms with Gasteiger partial charge in [-0.25, -0.2) is 9.67 Å². The van der Waals surface area contributed by atoms with E-state index in [0.717, 1.165) is 9.88 Å². The molecule has 1 atom stereocenters. The maximum absolute atomic E-state index is 9.59. The number of hydrogen-bond donors (Lipinski definition) is 1. The molecule has 0 aliphatic carbocycles.